The molecule has 0 saturated carbocycles. The molecule has 0 bridgehead atoms. The van der Waals surface area contributed by atoms with Gasteiger partial charge in [-0.25, -0.2) is 9.59 Å². The van der Waals surface area contributed by atoms with E-state index in [1.165, 1.54) is 9.80 Å². The lowest BCUT2D eigenvalue weighted by Crippen LogP contribution is -2.50. The first-order chi connectivity index (χ1) is 15.7. The normalized spacial score (nSPS) is 16.2. The standard InChI is InChI=1S/C23H26N4O6/c1-26(2)23(32)33-17-7-5-15(6-8-17)12-18(22(30)31)25-21(29)19-9-10-20(28)27(19)14-16-4-3-11-24-13-16/h3-8,11,13,18-19H,9-10,12,14H2,1-2H3,(H,25,29)(H,30,31)/t18-,19-/m0/s1. The van der Waals surface area contributed by atoms with Crippen molar-refractivity contribution < 1.29 is 29.0 Å². The van der Waals surface area contributed by atoms with Crippen molar-refractivity contribution in [1.82, 2.24) is 20.1 Å². The van der Waals surface area contributed by atoms with Crippen LogP contribution < -0.4 is 10.1 Å². The van der Waals surface area contributed by atoms with Crippen molar-refractivity contribution >= 4 is 23.9 Å². The van der Waals surface area contributed by atoms with E-state index in [1.807, 2.05) is 6.07 Å². The second-order valence-corrected chi connectivity index (χ2v) is 7.95. The molecule has 2 N–H and O–H groups in total. The molecule has 0 aliphatic carbocycles. The maximum atomic E-state index is 12.9. The number of ether oxygens (including phenoxy) is 1. The molecule has 10 heteroatoms. The van der Waals surface area contributed by atoms with Crippen LogP contribution in [-0.2, 0) is 27.3 Å². The van der Waals surface area contributed by atoms with E-state index in [4.69, 9.17) is 4.74 Å². The number of carboxylic acids is 1. The molecule has 3 amide bonds. The Labute approximate surface area is 191 Å². The number of aromatic nitrogens is 1. The van der Waals surface area contributed by atoms with Crippen LogP contribution in [-0.4, -0.2) is 69.9 Å². The Morgan fingerprint density at radius 2 is 1.94 bits per heavy atom. The summed E-state index contributed by atoms with van der Waals surface area (Å²) < 4.78 is 5.15. The Bertz CT molecular complexity index is 1010. The Kier molecular flexibility index (Phi) is 7.60. The molecular formula is C23H26N4O6. The quantitative estimate of drug-likeness (QED) is 0.617. The number of nitrogens with zero attached hydrogens (tertiary/aromatic N) is 3. The number of hydrogen-bond donors (Lipinski definition) is 2. The first-order valence-corrected chi connectivity index (χ1v) is 10.4. The number of likely N-dealkylation sites (tertiary alicyclic amines) is 1. The number of rotatable bonds is 8. The van der Waals surface area contributed by atoms with E-state index in [-0.39, 0.29) is 25.3 Å². The number of nitrogens with one attached hydrogen (secondary N) is 1. The van der Waals surface area contributed by atoms with Crippen LogP contribution in [0.2, 0.25) is 0 Å². The molecule has 0 spiro atoms. The summed E-state index contributed by atoms with van der Waals surface area (Å²) in [5, 5.41) is 12.2. The zero-order valence-electron chi connectivity index (χ0n) is 18.4. The molecule has 1 saturated heterocycles. The molecule has 1 aliphatic rings. The maximum Gasteiger partial charge on any atom is 0.414 e. The van der Waals surface area contributed by atoms with E-state index in [1.54, 1.807) is 56.8 Å². The summed E-state index contributed by atoms with van der Waals surface area (Å²) in [5.41, 5.74) is 1.43. The lowest BCUT2D eigenvalue weighted by molar-refractivity contribution is -0.143. The number of carbonyl (C=O) groups is 4. The second kappa shape index (κ2) is 10.6. The van der Waals surface area contributed by atoms with E-state index in [0.717, 1.165) is 5.56 Å². The number of amides is 3. The van der Waals surface area contributed by atoms with E-state index in [2.05, 4.69) is 10.3 Å². The van der Waals surface area contributed by atoms with Gasteiger partial charge in [-0.1, -0.05) is 18.2 Å². The molecule has 1 aliphatic heterocycles. The highest BCUT2D eigenvalue weighted by atomic mass is 16.6. The Balaban J connectivity index is 1.64. The summed E-state index contributed by atoms with van der Waals surface area (Å²) in [7, 11) is 3.12. The number of hydrogen-bond acceptors (Lipinski definition) is 6. The van der Waals surface area contributed by atoms with Crippen LogP contribution in [0, 0.1) is 0 Å². The van der Waals surface area contributed by atoms with Gasteiger partial charge in [0.15, 0.2) is 0 Å². The van der Waals surface area contributed by atoms with Crippen molar-refractivity contribution in [2.45, 2.75) is 37.9 Å². The second-order valence-electron chi connectivity index (χ2n) is 7.95. The van der Waals surface area contributed by atoms with Gasteiger partial charge in [0.25, 0.3) is 0 Å². The van der Waals surface area contributed by atoms with Gasteiger partial charge in [-0.15, -0.1) is 0 Å². The van der Waals surface area contributed by atoms with Crippen LogP contribution in [0.15, 0.2) is 48.8 Å². The highest BCUT2D eigenvalue weighted by Crippen LogP contribution is 2.22. The van der Waals surface area contributed by atoms with E-state index in [0.29, 0.717) is 17.7 Å². The number of carbonyl (C=O) groups excluding carboxylic acids is 3. The van der Waals surface area contributed by atoms with Gasteiger partial charge in [-0.2, -0.15) is 0 Å². The molecule has 1 aromatic carbocycles. The molecule has 1 aromatic heterocycles. The van der Waals surface area contributed by atoms with Crippen LogP contribution in [0.25, 0.3) is 0 Å². The van der Waals surface area contributed by atoms with Gasteiger partial charge in [0.05, 0.1) is 0 Å². The average molecular weight is 454 g/mol. The molecule has 2 heterocycles. The Hall–Kier alpha value is -3.95. The van der Waals surface area contributed by atoms with Gasteiger partial charge in [0.1, 0.15) is 17.8 Å². The lowest BCUT2D eigenvalue weighted by atomic mass is 10.0. The van der Waals surface area contributed by atoms with Crippen molar-refractivity contribution in [2.75, 3.05) is 14.1 Å². The fourth-order valence-corrected chi connectivity index (χ4v) is 3.48. The summed E-state index contributed by atoms with van der Waals surface area (Å²) >= 11 is 0. The fraction of sp³-hybridized carbons (Fsp3) is 0.348. The van der Waals surface area contributed by atoms with Gasteiger partial charge in [-0.05, 0) is 35.7 Å². The van der Waals surface area contributed by atoms with Crippen LogP contribution in [0.3, 0.4) is 0 Å². The minimum atomic E-state index is -1.19. The van der Waals surface area contributed by atoms with Crippen LogP contribution in [0.4, 0.5) is 4.79 Å². The third-order valence-corrected chi connectivity index (χ3v) is 5.25. The summed E-state index contributed by atoms with van der Waals surface area (Å²) in [6.07, 6.45) is 3.30. The van der Waals surface area contributed by atoms with Gasteiger partial charge >= 0.3 is 12.1 Å². The van der Waals surface area contributed by atoms with E-state index >= 15 is 0 Å². The van der Waals surface area contributed by atoms with Gasteiger partial charge in [0, 0.05) is 45.9 Å². The lowest BCUT2D eigenvalue weighted by Gasteiger charge is -2.25. The predicted molar refractivity (Wildman–Crippen MR) is 117 cm³/mol. The molecule has 174 valence electrons. The molecule has 2 atom stereocenters. The SMILES string of the molecule is CN(C)C(=O)Oc1ccc(C[C@H](NC(=O)[C@@H]2CCC(=O)N2Cc2cccnc2)C(=O)O)cc1. The molecule has 0 unspecified atom stereocenters. The minimum Gasteiger partial charge on any atom is -0.480 e. The molecule has 2 aromatic rings. The summed E-state index contributed by atoms with van der Waals surface area (Å²) in [6.45, 7) is 0.232. The topological polar surface area (TPSA) is 129 Å². The predicted octanol–water partition coefficient (Wildman–Crippen LogP) is 1.45. The Morgan fingerprint density at radius 1 is 1.21 bits per heavy atom. The number of pyridine rings is 1. The summed E-state index contributed by atoms with van der Waals surface area (Å²) in [4.78, 5) is 55.4. The highest BCUT2D eigenvalue weighted by Gasteiger charge is 2.37. The minimum absolute atomic E-state index is 0.0340. The van der Waals surface area contributed by atoms with E-state index in [9.17, 15) is 24.3 Å². The molecular weight excluding hydrogens is 428 g/mol. The molecule has 33 heavy (non-hydrogen) atoms. The van der Waals surface area contributed by atoms with Crippen molar-refractivity contribution in [2.24, 2.45) is 0 Å². The van der Waals surface area contributed by atoms with Crippen molar-refractivity contribution in [3.05, 3.63) is 59.9 Å². The van der Waals surface area contributed by atoms with Crippen LogP contribution in [0.1, 0.15) is 24.0 Å². The van der Waals surface area contributed by atoms with Gasteiger partial charge < -0.3 is 25.0 Å². The third kappa shape index (κ3) is 6.28. The van der Waals surface area contributed by atoms with Crippen molar-refractivity contribution in [3.8, 4) is 5.75 Å². The zero-order valence-corrected chi connectivity index (χ0v) is 18.4. The average Bonchev–Trinajstić information content (AvgIpc) is 3.15. The smallest absolute Gasteiger partial charge is 0.414 e. The summed E-state index contributed by atoms with van der Waals surface area (Å²) in [5.74, 6) is -1.53. The molecule has 1 fully saturated rings. The van der Waals surface area contributed by atoms with Crippen molar-refractivity contribution in [3.63, 3.8) is 0 Å². The molecule has 10 nitrogen and oxygen atoms in total. The number of aliphatic carboxylic acids is 1. The van der Waals surface area contributed by atoms with Crippen LogP contribution in [0.5, 0.6) is 5.75 Å². The number of benzene rings is 1. The first kappa shape index (κ1) is 23.7. The third-order valence-electron chi connectivity index (χ3n) is 5.25. The largest absolute Gasteiger partial charge is 0.480 e. The van der Waals surface area contributed by atoms with Gasteiger partial charge in [-0.3, -0.25) is 14.6 Å². The summed E-state index contributed by atoms with van der Waals surface area (Å²) in [6, 6.07) is 8.02. The fourth-order valence-electron chi connectivity index (χ4n) is 3.48. The first-order valence-electron chi connectivity index (χ1n) is 10.4. The Morgan fingerprint density at radius 3 is 2.55 bits per heavy atom. The van der Waals surface area contributed by atoms with Gasteiger partial charge in [0.2, 0.25) is 11.8 Å². The zero-order chi connectivity index (χ0) is 24.0. The maximum absolute atomic E-state index is 12.9. The van der Waals surface area contributed by atoms with Crippen LogP contribution >= 0.6 is 0 Å². The van der Waals surface area contributed by atoms with Crippen molar-refractivity contribution in [1.29, 1.82) is 0 Å². The number of carboxylic acid groups (broad SMARTS) is 1. The monoisotopic (exact) mass is 454 g/mol. The molecule has 0 radical (unpaired) electrons. The molecule has 3 rings (SSSR count). The van der Waals surface area contributed by atoms with E-state index < -0.39 is 30.1 Å². The highest BCUT2D eigenvalue weighted by molar-refractivity contribution is 5.93.